The van der Waals surface area contributed by atoms with Crippen molar-refractivity contribution in [1.82, 2.24) is 29.7 Å². The highest BCUT2D eigenvalue weighted by molar-refractivity contribution is 7.67. The number of nitrogens with zero attached hydrogens (tertiary/aromatic N) is 2. The Kier molecular flexibility index (Phi) is 26.9. The lowest BCUT2D eigenvalue weighted by Crippen LogP contribution is -2.42. The van der Waals surface area contributed by atoms with Gasteiger partial charge >= 0.3 is 70.5 Å². The van der Waals surface area contributed by atoms with E-state index in [-0.39, 0.29) is 13.1 Å². The van der Waals surface area contributed by atoms with Crippen molar-refractivity contribution in [2.24, 2.45) is 11.5 Å². The molecule has 448 valence electrons. The quantitative estimate of drug-likeness (QED) is 0.0284. The highest BCUT2D eigenvalue weighted by Crippen LogP contribution is 2.67. The highest BCUT2D eigenvalue weighted by Gasteiger charge is 2.51. The lowest BCUT2D eigenvalue weighted by molar-refractivity contribution is -0.0562. The Bertz CT molecular complexity index is 2840. The SMILES string of the molecule is NCCCCCCNC(=O)OC1C(COP(=O)(O)OP(=O)(O)OP(=O)(O)O)OC(n2ccc(=O)[nH]c2=O)C1O.NCCCCCCNC(=O)OC1C(O)C(COP(=O)(O)OP(=O)(O)OP(=O)(O)O)OC1n1ccc(=O)[nH]c1=O. The molecule has 0 saturated carbocycles. The van der Waals surface area contributed by atoms with Crippen LogP contribution in [-0.2, 0) is 72.6 Å². The Hall–Kier alpha value is -3.52. The van der Waals surface area contributed by atoms with Gasteiger partial charge in [-0.05, 0) is 38.8 Å². The molecule has 2 saturated heterocycles. The molecule has 0 aromatic carbocycles. The number of alkyl carbamates (subject to hydrolysis) is 2. The third-order valence-electron chi connectivity index (χ3n) is 9.80. The molecule has 2 aliphatic rings. The van der Waals surface area contributed by atoms with Crippen molar-refractivity contribution in [3.63, 3.8) is 0 Å². The number of rotatable bonds is 30. The number of ether oxygens (including phenoxy) is 4. The molecule has 40 nitrogen and oxygen atoms in total. The minimum absolute atomic E-state index is 0.183. The molecule has 4 rings (SSSR count). The first kappa shape index (κ1) is 68.8. The van der Waals surface area contributed by atoms with Crippen LogP contribution < -0.4 is 44.6 Å². The van der Waals surface area contributed by atoms with E-state index >= 15 is 0 Å². The highest BCUT2D eigenvalue weighted by atomic mass is 31.3. The van der Waals surface area contributed by atoms with Gasteiger partial charge < -0.3 is 90.4 Å². The molecule has 78 heavy (non-hydrogen) atoms. The van der Waals surface area contributed by atoms with Crippen LogP contribution in [0.15, 0.2) is 43.7 Å². The van der Waals surface area contributed by atoms with Gasteiger partial charge in [0, 0.05) is 37.6 Å². The molecule has 0 spiro atoms. The van der Waals surface area contributed by atoms with Gasteiger partial charge in [-0.15, -0.1) is 0 Å². The Morgan fingerprint density at radius 3 is 1.33 bits per heavy atom. The number of hydrogen-bond donors (Lipinski definition) is 16. The summed E-state index contributed by atoms with van der Waals surface area (Å²) < 4.78 is 115. The second kappa shape index (κ2) is 30.5. The topological polar surface area (TPSA) is 617 Å². The molecular formula is C32H58N8O32P6. The normalized spacial score (nSPS) is 24.6. The van der Waals surface area contributed by atoms with E-state index in [0.29, 0.717) is 25.9 Å². The number of unbranched alkanes of at least 4 members (excludes halogenated alkanes) is 6. The molecule has 2 aromatic heterocycles. The summed E-state index contributed by atoms with van der Waals surface area (Å²) >= 11 is 0. The van der Waals surface area contributed by atoms with Crippen LogP contribution in [0.1, 0.15) is 63.8 Å². The van der Waals surface area contributed by atoms with Gasteiger partial charge in [-0.2, -0.15) is 17.2 Å². The molecule has 0 aliphatic carbocycles. The molecule has 2 fully saturated rings. The fourth-order valence-electron chi connectivity index (χ4n) is 6.59. The van der Waals surface area contributed by atoms with E-state index in [2.05, 4.69) is 36.9 Å². The van der Waals surface area contributed by atoms with Crippen LogP contribution in [0.2, 0.25) is 0 Å². The minimum Gasteiger partial charge on any atom is -0.440 e. The van der Waals surface area contributed by atoms with Crippen LogP contribution in [0.4, 0.5) is 9.59 Å². The second-order valence-corrected chi connectivity index (χ2v) is 24.8. The van der Waals surface area contributed by atoms with Crippen molar-refractivity contribution < 1.29 is 132 Å². The molecular weight excluding hydrogens is 1190 g/mol. The van der Waals surface area contributed by atoms with E-state index in [9.17, 15) is 85.9 Å². The average Bonchev–Trinajstić information content (AvgIpc) is 3.75. The van der Waals surface area contributed by atoms with Crippen LogP contribution in [-0.4, -0.2) is 157 Å². The standard InChI is InChI=1S/2C16H29N4O16P3/c17-6-3-1-2-4-7-18-16(24)34-13-10(9-32-38(28,29)36-39(30,31)35-37(25,26)27)33-14(12(13)22)20-8-5-11(21)19-15(20)23;17-6-3-1-2-4-7-18-16(24)34-13-12(22)10(33-14(13)20-8-5-11(21)19-15(20)23)9-32-38(28,29)36-39(30,31)35-37(25,26)27/h2*5,8,10,12-14,22H,1-4,6-7,9,17H2,(H,18,24)(H,28,29)(H,30,31)(H,19,21,23)(H2,25,26,27). The molecule has 12 atom stereocenters. The number of phosphoric ester groups is 2. The van der Waals surface area contributed by atoms with Crippen LogP contribution in [0.5, 0.6) is 0 Å². The number of phosphoric acid groups is 6. The first-order valence-electron chi connectivity index (χ1n) is 22.2. The number of aromatic nitrogens is 4. The lowest BCUT2D eigenvalue weighted by Gasteiger charge is -2.22. The summed E-state index contributed by atoms with van der Waals surface area (Å²) in [5.41, 5.74) is 7.22. The summed E-state index contributed by atoms with van der Waals surface area (Å²) in [6, 6.07) is 1.85. The van der Waals surface area contributed by atoms with Gasteiger partial charge in [-0.3, -0.25) is 37.7 Å². The fraction of sp³-hybridized carbons (Fsp3) is 0.688. The Balaban J connectivity index is 0.000000410. The van der Waals surface area contributed by atoms with E-state index in [0.717, 1.165) is 72.2 Å². The van der Waals surface area contributed by atoms with Crippen molar-refractivity contribution in [2.75, 3.05) is 39.4 Å². The molecule has 2 aromatic rings. The maximum atomic E-state index is 12.3. The first-order chi connectivity index (χ1) is 36.1. The summed E-state index contributed by atoms with van der Waals surface area (Å²) in [5, 5.41) is 26.3. The van der Waals surface area contributed by atoms with Gasteiger partial charge in [-0.1, -0.05) is 25.7 Å². The van der Waals surface area contributed by atoms with E-state index in [1.807, 2.05) is 9.97 Å². The predicted octanol–water partition coefficient (Wildman–Crippen LogP) is -2.50. The summed E-state index contributed by atoms with van der Waals surface area (Å²) in [5.74, 6) is 0. The average molecular weight is 1250 g/mol. The summed E-state index contributed by atoms with van der Waals surface area (Å²) in [4.78, 5) is 148. The smallest absolute Gasteiger partial charge is 0.440 e. The largest absolute Gasteiger partial charge is 0.490 e. The van der Waals surface area contributed by atoms with Crippen molar-refractivity contribution in [3.05, 3.63) is 66.2 Å². The first-order valence-corrected chi connectivity index (χ1v) is 31.3. The number of aliphatic hydroxyl groups is 2. The maximum absolute atomic E-state index is 12.3. The van der Waals surface area contributed by atoms with Gasteiger partial charge in [0.1, 0.15) is 24.4 Å². The molecule has 2 aliphatic heterocycles. The lowest BCUT2D eigenvalue weighted by atomic mass is 10.1. The number of nitrogens with one attached hydrogen (secondary N) is 4. The summed E-state index contributed by atoms with van der Waals surface area (Å²) in [6.45, 7) is -0.747. The van der Waals surface area contributed by atoms with Crippen molar-refractivity contribution in [3.8, 4) is 0 Å². The number of nitrogens with two attached hydrogens (primary N) is 2. The zero-order chi connectivity index (χ0) is 58.9. The van der Waals surface area contributed by atoms with Gasteiger partial charge in [0.15, 0.2) is 24.7 Å². The van der Waals surface area contributed by atoms with Crippen LogP contribution >= 0.6 is 46.9 Å². The Morgan fingerprint density at radius 1 is 0.538 bits per heavy atom. The maximum Gasteiger partial charge on any atom is 0.490 e. The van der Waals surface area contributed by atoms with Crippen molar-refractivity contribution in [2.45, 2.75) is 100 Å². The van der Waals surface area contributed by atoms with Crippen molar-refractivity contribution >= 4 is 59.1 Å². The van der Waals surface area contributed by atoms with E-state index in [1.165, 1.54) is 0 Å². The molecule has 4 heterocycles. The number of aliphatic hydroxyl groups excluding tert-OH is 2. The third kappa shape index (κ3) is 24.7. The van der Waals surface area contributed by atoms with E-state index < -0.39 is 144 Å². The number of aromatic amines is 2. The molecule has 0 radical (unpaired) electrons. The molecule has 12 unspecified atom stereocenters. The third-order valence-corrected chi connectivity index (χ3v) is 17.4. The molecule has 18 N–H and O–H groups in total. The van der Waals surface area contributed by atoms with E-state index in [4.69, 9.17) is 50.0 Å². The zero-order valence-electron chi connectivity index (χ0n) is 40.0. The zero-order valence-corrected chi connectivity index (χ0v) is 45.4. The monoisotopic (exact) mass is 1250 g/mol. The van der Waals surface area contributed by atoms with Gasteiger partial charge in [-0.25, -0.2) is 46.6 Å². The summed E-state index contributed by atoms with van der Waals surface area (Å²) in [6.07, 6.45) is -7.57. The van der Waals surface area contributed by atoms with Crippen LogP contribution in [0, 0.1) is 0 Å². The van der Waals surface area contributed by atoms with E-state index in [1.54, 1.807) is 0 Å². The Morgan fingerprint density at radius 2 is 0.923 bits per heavy atom. The minimum atomic E-state index is -5.81. The van der Waals surface area contributed by atoms with Crippen LogP contribution in [0.25, 0.3) is 0 Å². The van der Waals surface area contributed by atoms with Gasteiger partial charge in [0.25, 0.3) is 11.1 Å². The predicted molar refractivity (Wildman–Crippen MR) is 254 cm³/mol. The fourth-order valence-corrected chi connectivity index (χ4v) is 12.7. The van der Waals surface area contributed by atoms with Crippen molar-refractivity contribution in [1.29, 1.82) is 0 Å². The van der Waals surface area contributed by atoms with Gasteiger partial charge in [0.05, 0.1) is 13.2 Å². The Labute approximate surface area is 437 Å². The second-order valence-electron chi connectivity index (χ2n) is 15.9. The molecule has 0 bridgehead atoms. The molecule has 46 heteroatoms. The number of H-pyrrole nitrogens is 2. The summed E-state index contributed by atoms with van der Waals surface area (Å²) in [7, 11) is -34.0. The van der Waals surface area contributed by atoms with Gasteiger partial charge in [0.2, 0.25) is 0 Å². The number of hydrogen-bond acceptors (Lipinski definition) is 26. The number of amides is 2. The number of carbonyl (C=O) groups excluding carboxylic acids is 2. The van der Waals surface area contributed by atoms with Crippen LogP contribution in [0.3, 0.4) is 0 Å². The molecule has 2 amide bonds. The number of carbonyl (C=O) groups is 2.